The van der Waals surface area contributed by atoms with E-state index in [0.29, 0.717) is 0 Å². The summed E-state index contributed by atoms with van der Waals surface area (Å²) >= 11 is 0. The maximum absolute atomic E-state index is 2.50. The molecule has 0 aliphatic carbocycles. The third-order valence-corrected chi connectivity index (χ3v) is 18.3. The van der Waals surface area contributed by atoms with Gasteiger partial charge >= 0.3 is 0 Å². The van der Waals surface area contributed by atoms with E-state index in [1.165, 1.54) is 96.1 Å². The van der Waals surface area contributed by atoms with Crippen LogP contribution in [0, 0.1) is 0 Å². The van der Waals surface area contributed by atoms with Gasteiger partial charge in [0.05, 0.1) is 33.1 Å². The first kappa shape index (κ1) is 40.3. The minimum atomic E-state index is -2.16. The predicted octanol–water partition coefficient (Wildman–Crippen LogP) is 18.0. The van der Waals surface area contributed by atoms with Crippen molar-refractivity contribution >= 4 is 75.4 Å². The molecule has 70 heavy (non-hydrogen) atoms. The number of hydrogen-bond donors (Lipinski definition) is 0. The lowest BCUT2D eigenvalue weighted by atomic mass is 10.1. The Morgan fingerprint density at radius 1 is 0.229 bits per heavy atom. The van der Waals surface area contributed by atoms with Gasteiger partial charge in [-0.1, -0.05) is 164 Å². The monoisotopic (exact) mass is 911 g/mol. The topological polar surface area (TPSA) is 14.8 Å². The van der Waals surface area contributed by atoms with Gasteiger partial charge in [-0.15, -0.1) is 10.0 Å². The maximum atomic E-state index is 2.50. The van der Waals surface area contributed by atoms with E-state index in [9.17, 15) is 0 Å². The van der Waals surface area contributed by atoms with E-state index < -0.39 is 10.0 Å². The lowest BCUT2D eigenvalue weighted by Gasteiger charge is -2.42. The largest absolute Gasteiger partial charge is 0.309 e. The summed E-state index contributed by atoms with van der Waals surface area (Å²) in [6.07, 6.45) is 0. The first-order valence-electron chi connectivity index (χ1n) is 24.0. The molecule has 0 unspecified atom stereocenters. The van der Waals surface area contributed by atoms with Crippen LogP contribution in [0.1, 0.15) is 0 Å². The van der Waals surface area contributed by atoms with Crippen LogP contribution in [0.5, 0.6) is 0 Å². The third kappa shape index (κ3) is 6.03. The molecule has 0 aliphatic rings. The van der Waals surface area contributed by atoms with Gasteiger partial charge < -0.3 is 13.7 Å². The van der Waals surface area contributed by atoms with Crippen LogP contribution in [0.25, 0.3) is 93.6 Å². The van der Waals surface area contributed by atoms with Gasteiger partial charge in [-0.25, -0.2) is 0 Å². The standard InChI is InChI=1S/C66H45N3S/c1-4-20-46(21-5-1)47-38-40-48(41-39-47)67-61-34-16-12-30-56(61)58-45-50(42-43-63(58)67)69-62-35-17-13-31-57(62)66-64(69)36-19-37-65(66)70(51-23-6-2-7-24-51,52-25-8-3-9-26-52)53-27-18-22-49(44-53)68-59-32-14-10-28-54(59)55-29-11-15-33-60(55)68/h1-45H. The fourth-order valence-electron chi connectivity index (χ4n) is 11.4. The van der Waals surface area contributed by atoms with Crippen molar-refractivity contribution in [3.63, 3.8) is 0 Å². The van der Waals surface area contributed by atoms with Crippen molar-refractivity contribution in [1.29, 1.82) is 0 Å². The van der Waals surface area contributed by atoms with Gasteiger partial charge in [0.15, 0.2) is 0 Å². The molecular formula is C66H45N3S. The van der Waals surface area contributed by atoms with Crippen LogP contribution in [-0.2, 0) is 0 Å². The summed E-state index contributed by atoms with van der Waals surface area (Å²) < 4.78 is 7.37. The molecule has 0 saturated heterocycles. The number of fused-ring (bicyclic) bond motifs is 9. The summed E-state index contributed by atoms with van der Waals surface area (Å²) in [5.74, 6) is 0. The molecule has 0 atom stereocenters. The van der Waals surface area contributed by atoms with E-state index in [0.717, 1.165) is 17.1 Å². The first-order chi connectivity index (χ1) is 34.8. The van der Waals surface area contributed by atoms with Gasteiger partial charge in [0.1, 0.15) is 0 Å². The second-order valence-corrected chi connectivity index (χ2v) is 21.2. The normalized spacial score (nSPS) is 12.2. The van der Waals surface area contributed by atoms with Gasteiger partial charge in [0.2, 0.25) is 0 Å². The summed E-state index contributed by atoms with van der Waals surface area (Å²) in [5, 5.41) is 7.46. The smallest absolute Gasteiger partial charge is 0.0552 e. The molecule has 3 heterocycles. The highest BCUT2D eigenvalue weighted by Gasteiger charge is 2.36. The SMILES string of the molecule is c1ccc(-c2ccc(-n3c4ccccc4c4cc(-n5c6ccccc6c6c(S(c7ccccc7)(c7ccccc7)c7cccc(-n8c9ccccc9c9ccccc98)c7)cccc65)ccc43)cc2)cc1. The predicted molar refractivity (Wildman–Crippen MR) is 295 cm³/mol. The summed E-state index contributed by atoms with van der Waals surface area (Å²) in [5.41, 5.74) is 13.0. The Morgan fingerprint density at radius 2 is 0.629 bits per heavy atom. The molecule has 0 radical (unpaired) electrons. The number of aromatic nitrogens is 3. The highest BCUT2D eigenvalue weighted by Crippen LogP contribution is 2.75. The van der Waals surface area contributed by atoms with Crippen LogP contribution >= 0.6 is 10.0 Å². The fraction of sp³-hybridized carbons (Fsp3) is 0. The molecule has 0 aliphatic heterocycles. The van der Waals surface area contributed by atoms with Crippen molar-refractivity contribution < 1.29 is 0 Å². The molecule has 11 aromatic carbocycles. The number of para-hydroxylation sites is 4. The quantitative estimate of drug-likeness (QED) is 0.144. The lowest BCUT2D eigenvalue weighted by molar-refractivity contribution is 1.15. The van der Waals surface area contributed by atoms with Crippen molar-refractivity contribution in [3.8, 4) is 28.2 Å². The molecule has 0 spiro atoms. The zero-order chi connectivity index (χ0) is 46.2. The lowest BCUT2D eigenvalue weighted by Crippen LogP contribution is -2.07. The van der Waals surface area contributed by atoms with Crippen molar-refractivity contribution in [3.05, 3.63) is 273 Å². The number of benzene rings is 11. The molecule has 0 saturated carbocycles. The molecule has 14 aromatic rings. The fourth-order valence-corrected chi connectivity index (χ4v) is 15.5. The Hall–Kier alpha value is -8.83. The van der Waals surface area contributed by atoms with Gasteiger partial charge in [-0.3, -0.25) is 0 Å². The average Bonchev–Trinajstić information content (AvgIpc) is 4.08. The Balaban J connectivity index is 1.02. The van der Waals surface area contributed by atoms with E-state index in [1.807, 2.05) is 0 Å². The van der Waals surface area contributed by atoms with Crippen LogP contribution in [0.3, 0.4) is 0 Å². The zero-order valence-corrected chi connectivity index (χ0v) is 39.0. The Kier molecular flexibility index (Phi) is 9.29. The third-order valence-electron chi connectivity index (χ3n) is 14.3. The number of nitrogens with zero attached hydrogens (tertiary/aromatic N) is 3. The summed E-state index contributed by atoms with van der Waals surface area (Å²) in [7, 11) is -2.16. The van der Waals surface area contributed by atoms with Gasteiger partial charge in [-0.05, 0) is 120 Å². The molecule has 0 amide bonds. The van der Waals surface area contributed by atoms with Crippen molar-refractivity contribution in [1.82, 2.24) is 13.7 Å². The molecule has 330 valence electrons. The number of rotatable bonds is 8. The second kappa shape index (κ2) is 16.2. The Labute approximate surface area is 407 Å². The maximum Gasteiger partial charge on any atom is 0.0552 e. The zero-order valence-electron chi connectivity index (χ0n) is 38.2. The van der Waals surface area contributed by atoms with Crippen LogP contribution < -0.4 is 0 Å². The average molecular weight is 912 g/mol. The highest BCUT2D eigenvalue weighted by molar-refractivity contribution is 8.34. The first-order valence-corrected chi connectivity index (χ1v) is 25.6. The van der Waals surface area contributed by atoms with Crippen molar-refractivity contribution in [2.45, 2.75) is 19.6 Å². The molecule has 0 N–H and O–H groups in total. The molecule has 3 nitrogen and oxygen atoms in total. The Bertz CT molecular complexity index is 4180. The minimum absolute atomic E-state index is 1.13. The van der Waals surface area contributed by atoms with E-state index in [1.54, 1.807) is 0 Å². The van der Waals surface area contributed by atoms with Gasteiger partial charge in [0.25, 0.3) is 0 Å². The number of hydrogen-bond acceptors (Lipinski definition) is 0. The summed E-state index contributed by atoms with van der Waals surface area (Å²) in [6.45, 7) is 0. The molecule has 14 rings (SSSR count). The van der Waals surface area contributed by atoms with Gasteiger partial charge in [-0.2, -0.15) is 0 Å². The molecule has 3 aromatic heterocycles. The highest BCUT2D eigenvalue weighted by atomic mass is 32.3. The van der Waals surface area contributed by atoms with E-state index in [2.05, 4.69) is 287 Å². The summed E-state index contributed by atoms with van der Waals surface area (Å²) in [6, 6.07) is 101. The van der Waals surface area contributed by atoms with E-state index in [-0.39, 0.29) is 0 Å². The van der Waals surface area contributed by atoms with E-state index >= 15 is 0 Å². The molecule has 0 bridgehead atoms. The second-order valence-electron chi connectivity index (χ2n) is 18.1. The summed E-state index contributed by atoms with van der Waals surface area (Å²) in [4.78, 5) is 5.17. The van der Waals surface area contributed by atoms with Crippen LogP contribution in [-0.4, -0.2) is 13.7 Å². The minimum Gasteiger partial charge on any atom is -0.309 e. The van der Waals surface area contributed by atoms with Crippen LogP contribution in [0.15, 0.2) is 293 Å². The van der Waals surface area contributed by atoms with Crippen LogP contribution in [0.4, 0.5) is 0 Å². The van der Waals surface area contributed by atoms with Crippen molar-refractivity contribution in [2.75, 3.05) is 0 Å². The van der Waals surface area contributed by atoms with Gasteiger partial charge in [0, 0.05) is 69.0 Å². The van der Waals surface area contributed by atoms with E-state index in [4.69, 9.17) is 0 Å². The van der Waals surface area contributed by atoms with Crippen molar-refractivity contribution in [2.24, 2.45) is 0 Å². The molecular weight excluding hydrogens is 867 g/mol. The molecule has 4 heteroatoms. The Morgan fingerprint density at radius 3 is 1.24 bits per heavy atom. The van der Waals surface area contributed by atoms with Crippen LogP contribution in [0.2, 0.25) is 0 Å². The molecule has 0 fully saturated rings.